The standard InChI is InChI=1S/C10H25NO2Si/c1-10(2,3)14(5,6)13-8-9(11)7-12-4/h9H,7-8,11H2,1-6H3/t9-/m0/s1. The second-order valence-electron chi connectivity index (χ2n) is 5.29. The molecule has 0 heterocycles. The molecule has 0 aromatic heterocycles. The van der Waals surface area contributed by atoms with Crippen LogP contribution in [0, 0.1) is 0 Å². The van der Waals surface area contributed by atoms with Gasteiger partial charge in [-0.3, -0.25) is 0 Å². The molecule has 0 saturated carbocycles. The maximum Gasteiger partial charge on any atom is 0.192 e. The molecular weight excluding hydrogens is 194 g/mol. The van der Waals surface area contributed by atoms with Crippen molar-refractivity contribution in [3.8, 4) is 0 Å². The maximum atomic E-state index is 5.94. The molecule has 3 nitrogen and oxygen atoms in total. The van der Waals surface area contributed by atoms with Crippen molar-refractivity contribution in [2.45, 2.75) is 44.9 Å². The summed E-state index contributed by atoms with van der Waals surface area (Å²) >= 11 is 0. The van der Waals surface area contributed by atoms with E-state index in [9.17, 15) is 0 Å². The molecule has 0 fully saturated rings. The molecule has 4 heteroatoms. The van der Waals surface area contributed by atoms with E-state index in [-0.39, 0.29) is 11.1 Å². The molecule has 1 atom stereocenters. The largest absolute Gasteiger partial charge is 0.415 e. The lowest BCUT2D eigenvalue weighted by Crippen LogP contribution is -2.44. The Morgan fingerprint density at radius 2 is 1.71 bits per heavy atom. The molecule has 0 aromatic carbocycles. The number of hydrogen-bond acceptors (Lipinski definition) is 3. The monoisotopic (exact) mass is 219 g/mol. The van der Waals surface area contributed by atoms with Crippen molar-refractivity contribution in [3.63, 3.8) is 0 Å². The third-order valence-electron chi connectivity index (χ3n) is 2.85. The topological polar surface area (TPSA) is 44.5 Å². The fourth-order valence-corrected chi connectivity index (χ4v) is 1.86. The first-order valence-corrected chi connectivity index (χ1v) is 8.00. The van der Waals surface area contributed by atoms with E-state index in [1.54, 1.807) is 7.11 Å². The number of hydrogen-bond donors (Lipinski definition) is 1. The van der Waals surface area contributed by atoms with E-state index in [0.717, 1.165) is 0 Å². The highest BCUT2D eigenvalue weighted by molar-refractivity contribution is 6.74. The summed E-state index contributed by atoms with van der Waals surface area (Å²) in [7, 11) is 0.0267. The molecule has 14 heavy (non-hydrogen) atoms. The minimum absolute atomic E-state index is 0.00544. The molecular formula is C10H25NO2Si. The fourth-order valence-electron chi connectivity index (χ4n) is 0.794. The zero-order chi connectivity index (χ0) is 11.4. The van der Waals surface area contributed by atoms with Crippen LogP contribution in [-0.2, 0) is 9.16 Å². The average molecular weight is 219 g/mol. The molecule has 0 aromatic rings. The highest BCUT2D eigenvalue weighted by atomic mass is 28.4. The van der Waals surface area contributed by atoms with Crippen molar-refractivity contribution < 1.29 is 9.16 Å². The molecule has 0 saturated heterocycles. The zero-order valence-corrected chi connectivity index (χ0v) is 11.4. The van der Waals surface area contributed by atoms with Crippen LogP contribution in [0.1, 0.15) is 20.8 Å². The van der Waals surface area contributed by atoms with Gasteiger partial charge in [-0.1, -0.05) is 20.8 Å². The van der Waals surface area contributed by atoms with E-state index in [0.29, 0.717) is 13.2 Å². The lowest BCUT2D eigenvalue weighted by atomic mass is 10.2. The van der Waals surface area contributed by atoms with Crippen LogP contribution >= 0.6 is 0 Å². The average Bonchev–Trinajstić information content (AvgIpc) is 1.99. The molecule has 2 N–H and O–H groups in total. The van der Waals surface area contributed by atoms with Gasteiger partial charge in [0.15, 0.2) is 8.32 Å². The highest BCUT2D eigenvalue weighted by Gasteiger charge is 2.37. The summed E-state index contributed by atoms with van der Waals surface area (Å²) in [4.78, 5) is 0. The van der Waals surface area contributed by atoms with Gasteiger partial charge in [0.05, 0.1) is 19.3 Å². The van der Waals surface area contributed by atoms with E-state index in [1.807, 2.05) is 0 Å². The maximum absolute atomic E-state index is 5.94. The molecule has 0 aliphatic rings. The summed E-state index contributed by atoms with van der Waals surface area (Å²) < 4.78 is 10.9. The smallest absolute Gasteiger partial charge is 0.192 e. The van der Waals surface area contributed by atoms with Gasteiger partial charge in [0, 0.05) is 7.11 Å². The second-order valence-corrected chi connectivity index (χ2v) is 10.1. The summed E-state index contributed by atoms with van der Waals surface area (Å²) in [5, 5.41) is 0.250. The quantitative estimate of drug-likeness (QED) is 0.719. The molecule has 0 amide bonds. The van der Waals surface area contributed by atoms with Gasteiger partial charge in [0.25, 0.3) is 0 Å². The van der Waals surface area contributed by atoms with Crippen LogP contribution in [0.15, 0.2) is 0 Å². The first kappa shape index (κ1) is 14.1. The third kappa shape index (κ3) is 4.55. The Morgan fingerprint density at radius 1 is 1.21 bits per heavy atom. The third-order valence-corrected chi connectivity index (χ3v) is 7.35. The van der Waals surface area contributed by atoms with E-state index < -0.39 is 8.32 Å². The van der Waals surface area contributed by atoms with Crippen LogP contribution in [0.3, 0.4) is 0 Å². The van der Waals surface area contributed by atoms with Crippen molar-refractivity contribution in [2.24, 2.45) is 5.73 Å². The minimum Gasteiger partial charge on any atom is -0.415 e. The normalized spacial score (nSPS) is 15.6. The van der Waals surface area contributed by atoms with Crippen molar-refractivity contribution in [1.82, 2.24) is 0 Å². The number of nitrogens with two attached hydrogens (primary N) is 1. The first-order valence-electron chi connectivity index (χ1n) is 5.09. The number of methoxy groups -OCH3 is 1. The predicted molar refractivity (Wildman–Crippen MR) is 63.0 cm³/mol. The fraction of sp³-hybridized carbons (Fsp3) is 1.00. The van der Waals surface area contributed by atoms with Crippen LogP contribution in [0.5, 0.6) is 0 Å². The minimum atomic E-state index is -1.63. The van der Waals surface area contributed by atoms with Crippen LogP contribution < -0.4 is 5.73 Å². The summed E-state index contributed by atoms with van der Waals surface area (Å²) in [5.74, 6) is 0. The van der Waals surface area contributed by atoms with Gasteiger partial charge >= 0.3 is 0 Å². The Morgan fingerprint density at radius 3 is 2.07 bits per heavy atom. The van der Waals surface area contributed by atoms with Crippen molar-refractivity contribution in [1.29, 1.82) is 0 Å². The van der Waals surface area contributed by atoms with Crippen molar-refractivity contribution in [3.05, 3.63) is 0 Å². The summed E-state index contributed by atoms with van der Waals surface area (Å²) in [6.07, 6.45) is 0. The van der Waals surface area contributed by atoms with Crippen LogP contribution in [0.2, 0.25) is 18.1 Å². The van der Waals surface area contributed by atoms with Gasteiger partial charge in [-0.25, -0.2) is 0 Å². The lowest BCUT2D eigenvalue weighted by Gasteiger charge is -2.36. The van der Waals surface area contributed by atoms with Gasteiger partial charge in [-0.2, -0.15) is 0 Å². The van der Waals surface area contributed by atoms with Gasteiger partial charge < -0.3 is 14.9 Å². The zero-order valence-electron chi connectivity index (χ0n) is 10.4. The van der Waals surface area contributed by atoms with Gasteiger partial charge in [0.1, 0.15) is 0 Å². The summed E-state index contributed by atoms with van der Waals surface area (Å²) in [5.41, 5.74) is 5.81. The Balaban J connectivity index is 3.99. The van der Waals surface area contributed by atoms with Crippen LogP contribution in [-0.4, -0.2) is 34.7 Å². The number of ether oxygens (including phenoxy) is 1. The van der Waals surface area contributed by atoms with Crippen molar-refractivity contribution >= 4 is 8.32 Å². The Labute approximate surface area is 89.1 Å². The van der Waals surface area contributed by atoms with Crippen LogP contribution in [0.25, 0.3) is 0 Å². The molecule has 0 bridgehead atoms. The molecule has 0 radical (unpaired) electrons. The van der Waals surface area contributed by atoms with E-state index in [1.165, 1.54) is 0 Å². The van der Waals surface area contributed by atoms with Gasteiger partial charge in [-0.15, -0.1) is 0 Å². The second kappa shape index (κ2) is 5.26. The van der Waals surface area contributed by atoms with Gasteiger partial charge in [0.2, 0.25) is 0 Å². The number of rotatable bonds is 5. The van der Waals surface area contributed by atoms with E-state index in [2.05, 4.69) is 33.9 Å². The SMILES string of the molecule is COC[C@H](N)CO[Si](C)(C)C(C)(C)C. The summed E-state index contributed by atoms with van der Waals surface area (Å²) in [6, 6.07) is -0.00544. The summed E-state index contributed by atoms with van der Waals surface area (Å²) in [6.45, 7) is 12.3. The Kier molecular flexibility index (Phi) is 5.29. The Bertz CT molecular complexity index is 166. The molecule has 0 rings (SSSR count). The highest BCUT2D eigenvalue weighted by Crippen LogP contribution is 2.36. The Hall–Kier alpha value is 0.0969. The molecule has 0 spiro atoms. The molecule has 0 unspecified atom stereocenters. The lowest BCUT2D eigenvalue weighted by molar-refractivity contribution is 0.148. The van der Waals surface area contributed by atoms with Crippen molar-refractivity contribution in [2.75, 3.05) is 20.3 Å². The predicted octanol–water partition coefficient (Wildman–Crippen LogP) is 1.98. The van der Waals surface area contributed by atoms with Crippen LogP contribution in [0.4, 0.5) is 0 Å². The molecule has 0 aliphatic carbocycles. The van der Waals surface area contributed by atoms with E-state index in [4.69, 9.17) is 14.9 Å². The molecule has 0 aliphatic heterocycles. The van der Waals surface area contributed by atoms with E-state index >= 15 is 0 Å². The van der Waals surface area contributed by atoms with Gasteiger partial charge in [-0.05, 0) is 18.1 Å². The molecule has 86 valence electrons. The first-order chi connectivity index (χ1) is 6.20.